The molecule has 0 saturated carbocycles. The van der Waals surface area contributed by atoms with Crippen LogP contribution < -0.4 is 5.32 Å². The van der Waals surface area contributed by atoms with Crippen LogP contribution in [0, 0.1) is 0 Å². The van der Waals surface area contributed by atoms with E-state index in [1.54, 1.807) is 30.3 Å². The maximum absolute atomic E-state index is 12.3. The van der Waals surface area contributed by atoms with Gasteiger partial charge in [-0.2, -0.15) is 0 Å². The minimum absolute atomic E-state index is 0.0975. The van der Waals surface area contributed by atoms with Crippen molar-refractivity contribution in [3.8, 4) is 0 Å². The summed E-state index contributed by atoms with van der Waals surface area (Å²) in [5.41, 5.74) is 1.96. The first kappa shape index (κ1) is 20.7. The lowest BCUT2D eigenvalue weighted by molar-refractivity contribution is -0.115. The zero-order valence-electron chi connectivity index (χ0n) is 14.7. The fraction of sp³-hybridized carbons (Fsp3) is 0.222. The Labute approximate surface area is 169 Å². The van der Waals surface area contributed by atoms with E-state index in [2.05, 4.69) is 10.3 Å². The quantitative estimate of drug-likeness (QED) is 0.554. The van der Waals surface area contributed by atoms with Crippen LogP contribution in [0.3, 0.4) is 0 Å². The third-order valence-electron chi connectivity index (χ3n) is 3.70. The molecule has 0 aliphatic heterocycles. The minimum Gasteiger partial charge on any atom is -0.326 e. The minimum atomic E-state index is -3.27. The summed E-state index contributed by atoms with van der Waals surface area (Å²) >= 11 is 2.30. The van der Waals surface area contributed by atoms with Crippen LogP contribution in [0.5, 0.6) is 0 Å². The molecule has 1 amide bonds. The van der Waals surface area contributed by atoms with Gasteiger partial charge in [-0.25, -0.2) is 22.2 Å². The number of carbonyl (C=O) groups is 1. The fourth-order valence-corrected chi connectivity index (χ4v) is 4.93. The molecule has 148 valence electrons. The van der Waals surface area contributed by atoms with E-state index in [0.29, 0.717) is 21.1 Å². The summed E-state index contributed by atoms with van der Waals surface area (Å²) in [6, 6.07) is 11.3. The Morgan fingerprint density at radius 3 is 2.57 bits per heavy atom. The Morgan fingerprint density at radius 1 is 1.21 bits per heavy atom. The summed E-state index contributed by atoms with van der Waals surface area (Å²) < 4.78 is 48.9. The molecule has 0 spiro atoms. The van der Waals surface area contributed by atoms with Gasteiger partial charge in [0.1, 0.15) is 0 Å². The van der Waals surface area contributed by atoms with Gasteiger partial charge in [0.2, 0.25) is 12.3 Å². The highest BCUT2D eigenvalue weighted by molar-refractivity contribution is 8.01. The number of anilines is 1. The Hall–Kier alpha value is -2.04. The number of amides is 1. The van der Waals surface area contributed by atoms with Gasteiger partial charge in [-0.05, 0) is 35.9 Å². The summed E-state index contributed by atoms with van der Waals surface area (Å²) in [5.74, 6) is -0.551. The molecule has 1 aromatic heterocycles. The van der Waals surface area contributed by atoms with Crippen molar-refractivity contribution in [3.05, 3.63) is 48.0 Å². The summed E-state index contributed by atoms with van der Waals surface area (Å²) in [4.78, 5) is 16.7. The maximum atomic E-state index is 12.3. The van der Waals surface area contributed by atoms with E-state index in [1.165, 1.54) is 23.5 Å². The van der Waals surface area contributed by atoms with E-state index in [9.17, 15) is 22.0 Å². The number of benzene rings is 2. The molecular weight excluding hydrogens is 426 g/mol. The fourth-order valence-electron chi connectivity index (χ4n) is 2.42. The molecule has 0 saturated heterocycles. The highest BCUT2D eigenvalue weighted by Crippen LogP contribution is 2.32. The molecule has 1 heterocycles. The molecule has 2 aromatic carbocycles. The number of fused-ring (bicyclic) bond motifs is 1. The van der Waals surface area contributed by atoms with Gasteiger partial charge < -0.3 is 5.32 Å². The summed E-state index contributed by atoms with van der Waals surface area (Å²) in [6.45, 7) is 0. The summed E-state index contributed by atoms with van der Waals surface area (Å²) in [5, 5.41) is 2.78. The van der Waals surface area contributed by atoms with Crippen molar-refractivity contribution in [2.75, 3.05) is 17.3 Å². The molecule has 5 nitrogen and oxygen atoms in total. The molecule has 0 unspecified atom stereocenters. The van der Waals surface area contributed by atoms with E-state index in [4.69, 9.17) is 0 Å². The lowest BCUT2D eigenvalue weighted by Crippen LogP contribution is -2.14. The van der Waals surface area contributed by atoms with E-state index in [0.717, 1.165) is 22.7 Å². The van der Waals surface area contributed by atoms with Crippen LogP contribution in [0.2, 0.25) is 0 Å². The van der Waals surface area contributed by atoms with E-state index >= 15 is 0 Å². The first-order chi connectivity index (χ1) is 13.2. The van der Waals surface area contributed by atoms with Gasteiger partial charge >= 0.3 is 0 Å². The molecule has 0 fully saturated rings. The number of nitrogens with one attached hydrogen (secondary N) is 1. The standard InChI is InChI=1S/C18H16F2N2O3S3/c1-28(24,25)13-5-2-11(3-6-13)8-17(23)21-12-4-7-14-15(9-12)27-18(22-14)26-10-16(19)20/h2-7,9,16H,8,10H2,1H3,(H,21,23). The van der Waals surface area contributed by atoms with Crippen molar-refractivity contribution < 1.29 is 22.0 Å². The third-order valence-corrected chi connectivity index (χ3v) is 7.00. The van der Waals surface area contributed by atoms with E-state index in [-0.39, 0.29) is 23.0 Å². The molecule has 0 aliphatic carbocycles. The zero-order chi connectivity index (χ0) is 20.3. The molecule has 0 radical (unpaired) electrons. The van der Waals surface area contributed by atoms with Gasteiger partial charge in [0.25, 0.3) is 0 Å². The Morgan fingerprint density at radius 2 is 1.93 bits per heavy atom. The summed E-state index contributed by atoms with van der Waals surface area (Å²) in [6.07, 6.45) is -1.17. The topological polar surface area (TPSA) is 76.1 Å². The molecule has 0 aliphatic rings. The van der Waals surface area contributed by atoms with Crippen LogP contribution >= 0.6 is 23.1 Å². The van der Waals surface area contributed by atoms with Gasteiger partial charge in [-0.1, -0.05) is 23.9 Å². The highest BCUT2D eigenvalue weighted by atomic mass is 32.2. The van der Waals surface area contributed by atoms with Crippen molar-refractivity contribution >= 4 is 54.7 Å². The number of hydrogen-bond donors (Lipinski definition) is 1. The highest BCUT2D eigenvalue weighted by Gasteiger charge is 2.11. The predicted molar refractivity (Wildman–Crippen MR) is 108 cm³/mol. The number of carbonyl (C=O) groups excluding carboxylic acids is 1. The lowest BCUT2D eigenvalue weighted by atomic mass is 10.1. The number of aromatic nitrogens is 1. The van der Waals surface area contributed by atoms with E-state index < -0.39 is 16.3 Å². The van der Waals surface area contributed by atoms with Gasteiger partial charge in [-0.15, -0.1) is 11.3 Å². The first-order valence-corrected chi connectivity index (χ1v) is 11.8. The van der Waals surface area contributed by atoms with Crippen LogP contribution in [-0.2, 0) is 21.1 Å². The molecule has 10 heteroatoms. The molecule has 28 heavy (non-hydrogen) atoms. The zero-order valence-corrected chi connectivity index (χ0v) is 17.1. The first-order valence-electron chi connectivity index (χ1n) is 8.11. The maximum Gasteiger partial charge on any atom is 0.248 e. The number of thiazole rings is 1. The van der Waals surface area contributed by atoms with Crippen molar-refractivity contribution in [1.82, 2.24) is 4.98 Å². The summed E-state index contributed by atoms with van der Waals surface area (Å²) in [7, 11) is -3.27. The second-order valence-corrected chi connectivity index (χ2v) is 10.3. The number of sulfone groups is 1. The van der Waals surface area contributed by atoms with E-state index in [1.807, 2.05) is 0 Å². The second kappa shape index (κ2) is 8.54. The molecule has 0 atom stereocenters. The average molecular weight is 443 g/mol. The smallest absolute Gasteiger partial charge is 0.248 e. The number of hydrogen-bond acceptors (Lipinski definition) is 6. The molecule has 3 rings (SSSR count). The number of rotatable bonds is 7. The van der Waals surface area contributed by atoms with Crippen molar-refractivity contribution in [3.63, 3.8) is 0 Å². The van der Waals surface area contributed by atoms with Gasteiger partial charge in [0, 0.05) is 11.9 Å². The second-order valence-electron chi connectivity index (χ2n) is 6.01. The molecular formula is C18H16F2N2O3S3. The van der Waals surface area contributed by atoms with Crippen LogP contribution in [0.1, 0.15) is 5.56 Å². The average Bonchev–Trinajstić information content (AvgIpc) is 3.01. The Bertz CT molecular complexity index is 1100. The van der Waals surface area contributed by atoms with Crippen molar-refractivity contribution in [2.24, 2.45) is 0 Å². The number of thioether (sulfide) groups is 1. The van der Waals surface area contributed by atoms with Gasteiger partial charge in [-0.3, -0.25) is 4.79 Å². The normalized spacial score (nSPS) is 11.9. The van der Waals surface area contributed by atoms with Crippen molar-refractivity contribution in [2.45, 2.75) is 22.1 Å². The van der Waals surface area contributed by atoms with Crippen LogP contribution in [0.15, 0.2) is 51.7 Å². The lowest BCUT2D eigenvalue weighted by Gasteiger charge is -2.06. The number of alkyl halides is 2. The van der Waals surface area contributed by atoms with Gasteiger partial charge in [0.05, 0.1) is 27.3 Å². The predicted octanol–water partition coefficient (Wildman–Crippen LogP) is 4.24. The van der Waals surface area contributed by atoms with Crippen LogP contribution in [0.4, 0.5) is 14.5 Å². The number of nitrogens with zero attached hydrogens (tertiary/aromatic N) is 1. The van der Waals surface area contributed by atoms with Crippen LogP contribution in [0.25, 0.3) is 10.2 Å². The molecule has 0 bridgehead atoms. The van der Waals surface area contributed by atoms with Crippen LogP contribution in [-0.4, -0.2) is 37.7 Å². The van der Waals surface area contributed by atoms with Crippen molar-refractivity contribution in [1.29, 1.82) is 0 Å². The Balaban J connectivity index is 1.65. The number of halogens is 2. The monoisotopic (exact) mass is 442 g/mol. The SMILES string of the molecule is CS(=O)(=O)c1ccc(CC(=O)Nc2ccc3nc(SCC(F)F)sc3c2)cc1. The molecule has 1 N–H and O–H groups in total. The molecule has 3 aromatic rings. The third kappa shape index (κ3) is 5.49. The van der Waals surface area contributed by atoms with Gasteiger partial charge in [0.15, 0.2) is 14.2 Å². The largest absolute Gasteiger partial charge is 0.326 e. The Kier molecular flexibility index (Phi) is 6.31.